The summed E-state index contributed by atoms with van der Waals surface area (Å²) in [5.41, 5.74) is 0. The standard InChI is InChI=1S/C9H17O2/c1-5-6-7-9(11-4)8(2)10-3/h5-9H,1-4H3/b6-5+. The van der Waals surface area contributed by atoms with Crippen LogP contribution < -0.4 is 0 Å². The average molecular weight is 157 g/mol. The Hall–Kier alpha value is -0.340. The van der Waals surface area contributed by atoms with E-state index in [1.54, 1.807) is 14.2 Å². The molecule has 0 spiro atoms. The smallest absolute Gasteiger partial charge is 0.0898 e. The molecule has 0 saturated heterocycles. The summed E-state index contributed by atoms with van der Waals surface area (Å²) >= 11 is 0. The first-order valence-electron chi connectivity index (χ1n) is 3.78. The monoisotopic (exact) mass is 157 g/mol. The van der Waals surface area contributed by atoms with E-state index in [-0.39, 0.29) is 12.2 Å². The summed E-state index contributed by atoms with van der Waals surface area (Å²) in [7, 11) is 3.36. The van der Waals surface area contributed by atoms with Crippen molar-refractivity contribution in [2.45, 2.75) is 26.1 Å². The highest BCUT2D eigenvalue weighted by Gasteiger charge is 2.13. The van der Waals surface area contributed by atoms with Crippen molar-refractivity contribution in [1.82, 2.24) is 0 Å². The minimum Gasteiger partial charge on any atom is -0.379 e. The van der Waals surface area contributed by atoms with Gasteiger partial charge in [-0.3, -0.25) is 0 Å². The van der Waals surface area contributed by atoms with Gasteiger partial charge >= 0.3 is 0 Å². The van der Waals surface area contributed by atoms with Crippen molar-refractivity contribution in [2.24, 2.45) is 0 Å². The molecule has 1 radical (unpaired) electrons. The topological polar surface area (TPSA) is 18.5 Å². The lowest BCUT2D eigenvalue weighted by Gasteiger charge is -2.19. The zero-order chi connectivity index (χ0) is 8.69. The molecule has 0 heterocycles. The van der Waals surface area contributed by atoms with Crippen LogP contribution in [-0.4, -0.2) is 26.4 Å². The second-order valence-electron chi connectivity index (χ2n) is 2.36. The van der Waals surface area contributed by atoms with Gasteiger partial charge in [0.25, 0.3) is 0 Å². The SMILES string of the molecule is C/C=C/[CH]C(OC)C(C)OC. The first-order chi connectivity index (χ1) is 5.26. The van der Waals surface area contributed by atoms with E-state index in [0.29, 0.717) is 0 Å². The van der Waals surface area contributed by atoms with Crippen LogP contribution in [0.2, 0.25) is 0 Å². The second-order valence-corrected chi connectivity index (χ2v) is 2.36. The van der Waals surface area contributed by atoms with Crippen molar-refractivity contribution in [1.29, 1.82) is 0 Å². The van der Waals surface area contributed by atoms with Crippen molar-refractivity contribution < 1.29 is 9.47 Å². The zero-order valence-corrected chi connectivity index (χ0v) is 7.70. The van der Waals surface area contributed by atoms with Gasteiger partial charge in [-0.25, -0.2) is 0 Å². The maximum Gasteiger partial charge on any atom is 0.0898 e. The first kappa shape index (κ1) is 10.7. The Balaban J connectivity index is 3.74. The quantitative estimate of drug-likeness (QED) is 0.606. The maximum atomic E-state index is 5.17. The molecule has 2 nitrogen and oxygen atoms in total. The molecule has 65 valence electrons. The Morgan fingerprint density at radius 3 is 2.18 bits per heavy atom. The van der Waals surface area contributed by atoms with Gasteiger partial charge in [0.15, 0.2) is 0 Å². The normalized spacial score (nSPS) is 17.1. The third kappa shape index (κ3) is 4.17. The Labute approximate surface area is 69.2 Å². The molecular weight excluding hydrogens is 140 g/mol. The number of ether oxygens (including phenoxy) is 2. The van der Waals surface area contributed by atoms with E-state index in [2.05, 4.69) is 0 Å². The van der Waals surface area contributed by atoms with Crippen molar-refractivity contribution in [3.63, 3.8) is 0 Å². The molecular formula is C9H17O2. The van der Waals surface area contributed by atoms with Gasteiger partial charge in [-0.1, -0.05) is 12.2 Å². The highest BCUT2D eigenvalue weighted by atomic mass is 16.5. The number of allylic oxidation sites excluding steroid dienone is 1. The summed E-state index contributed by atoms with van der Waals surface area (Å²) in [5.74, 6) is 0. The molecule has 2 heteroatoms. The van der Waals surface area contributed by atoms with E-state index >= 15 is 0 Å². The van der Waals surface area contributed by atoms with Crippen LogP contribution >= 0.6 is 0 Å². The van der Waals surface area contributed by atoms with E-state index in [4.69, 9.17) is 9.47 Å². The Kier molecular flexibility index (Phi) is 6.18. The molecule has 2 unspecified atom stereocenters. The highest BCUT2D eigenvalue weighted by Crippen LogP contribution is 2.05. The van der Waals surface area contributed by atoms with E-state index in [1.807, 2.05) is 32.4 Å². The third-order valence-corrected chi connectivity index (χ3v) is 1.60. The lowest BCUT2D eigenvalue weighted by molar-refractivity contribution is -0.00665. The molecule has 0 saturated carbocycles. The summed E-state index contributed by atoms with van der Waals surface area (Å²) in [5, 5.41) is 0. The third-order valence-electron chi connectivity index (χ3n) is 1.60. The Morgan fingerprint density at radius 2 is 1.82 bits per heavy atom. The molecule has 0 aliphatic carbocycles. The maximum absolute atomic E-state index is 5.17. The molecule has 0 bridgehead atoms. The summed E-state index contributed by atoms with van der Waals surface area (Å²) in [4.78, 5) is 0. The first-order valence-corrected chi connectivity index (χ1v) is 3.78. The molecule has 0 rings (SSSR count). The van der Waals surface area contributed by atoms with Crippen molar-refractivity contribution in [2.75, 3.05) is 14.2 Å². The van der Waals surface area contributed by atoms with Crippen molar-refractivity contribution in [3.05, 3.63) is 18.6 Å². The lowest BCUT2D eigenvalue weighted by Crippen LogP contribution is -2.26. The van der Waals surface area contributed by atoms with E-state index in [1.165, 1.54) is 0 Å². The van der Waals surface area contributed by atoms with Gasteiger partial charge in [-0.05, 0) is 13.8 Å². The molecule has 0 aromatic carbocycles. The van der Waals surface area contributed by atoms with Crippen molar-refractivity contribution in [3.8, 4) is 0 Å². The van der Waals surface area contributed by atoms with Crippen LogP contribution in [0.3, 0.4) is 0 Å². The number of hydrogen-bond acceptors (Lipinski definition) is 2. The molecule has 0 amide bonds. The minimum atomic E-state index is 0.0520. The molecule has 0 aliphatic heterocycles. The molecule has 0 N–H and O–H groups in total. The highest BCUT2D eigenvalue weighted by molar-refractivity contribution is 4.99. The van der Waals surface area contributed by atoms with Crippen LogP contribution in [0.4, 0.5) is 0 Å². The van der Waals surface area contributed by atoms with Gasteiger partial charge in [0, 0.05) is 20.6 Å². The van der Waals surface area contributed by atoms with E-state index in [0.717, 1.165) is 0 Å². The Morgan fingerprint density at radius 1 is 1.18 bits per heavy atom. The van der Waals surface area contributed by atoms with Gasteiger partial charge in [-0.15, -0.1) is 0 Å². The van der Waals surface area contributed by atoms with E-state index < -0.39 is 0 Å². The van der Waals surface area contributed by atoms with Crippen LogP contribution in [0, 0.1) is 6.42 Å². The van der Waals surface area contributed by atoms with Gasteiger partial charge < -0.3 is 9.47 Å². The van der Waals surface area contributed by atoms with Gasteiger partial charge in [0.1, 0.15) is 0 Å². The van der Waals surface area contributed by atoms with Crippen molar-refractivity contribution >= 4 is 0 Å². The molecule has 0 aromatic rings. The second kappa shape index (κ2) is 6.38. The summed E-state index contributed by atoms with van der Waals surface area (Å²) in [6.07, 6.45) is 6.07. The number of methoxy groups -OCH3 is 2. The van der Waals surface area contributed by atoms with Crippen LogP contribution in [0.1, 0.15) is 13.8 Å². The zero-order valence-electron chi connectivity index (χ0n) is 7.70. The largest absolute Gasteiger partial charge is 0.379 e. The van der Waals surface area contributed by atoms with Crippen LogP contribution in [0.5, 0.6) is 0 Å². The predicted molar refractivity (Wildman–Crippen MR) is 46.4 cm³/mol. The van der Waals surface area contributed by atoms with E-state index in [9.17, 15) is 0 Å². The molecule has 0 aromatic heterocycles. The minimum absolute atomic E-state index is 0.0520. The fourth-order valence-electron chi connectivity index (χ4n) is 0.781. The molecule has 0 aliphatic rings. The van der Waals surface area contributed by atoms with Gasteiger partial charge in [0.05, 0.1) is 12.2 Å². The lowest BCUT2D eigenvalue weighted by atomic mass is 10.1. The summed E-state index contributed by atoms with van der Waals surface area (Å²) in [6, 6.07) is 0. The summed E-state index contributed by atoms with van der Waals surface area (Å²) in [6.45, 7) is 3.95. The van der Waals surface area contributed by atoms with Crippen LogP contribution in [0.25, 0.3) is 0 Å². The number of rotatable bonds is 5. The number of hydrogen-bond donors (Lipinski definition) is 0. The molecule has 11 heavy (non-hydrogen) atoms. The fourth-order valence-corrected chi connectivity index (χ4v) is 0.781. The van der Waals surface area contributed by atoms with Crippen LogP contribution in [0.15, 0.2) is 12.2 Å². The molecule has 2 atom stereocenters. The predicted octanol–water partition coefficient (Wildman–Crippen LogP) is 1.82. The molecule has 0 fully saturated rings. The average Bonchev–Trinajstić information content (AvgIpc) is 2.05. The van der Waals surface area contributed by atoms with Gasteiger partial charge in [-0.2, -0.15) is 0 Å². The Bertz CT molecular complexity index is 110. The summed E-state index contributed by atoms with van der Waals surface area (Å²) < 4.78 is 10.3. The van der Waals surface area contributed by atoms with Crippen LogP contribution in [-0.2, 0) is 9.47 Å². The fraction of sp³-hybridized carbons (Fsp3) is 0.667. The van der Waals surface area contributed by atoms with Gasteiger partial charge in [0.2, 0.25) is 0 Å².